The molecule has 1 atom stereocenters. The second-order valence-electron chi connectivity index (χ2n) is 7.29. The second-order valence-corrected chi connectivity index (χ2v) is 7.29. The topological polar surface area (TPSA) is 12.0 Å². The van der Waals surface area contributed by atoms with Gasteiger partial charge >= 0.3 is 0 Å². The van der Waals surface area contributed by atoms with Gasteiger partial charge in [-0.25, -0.2) is 0 Å². The molecule has 0 aliphatic carbocycles. The summed E-state index contributed by atoms with van der Waals surface area (Å²) >= 11 is 0. The molecule has 0 spiro atoms. The first kappa shape index (κ1) is 16.0. The van der Waals surface area contributed by atoms with Crippen LogP contribution < -0.4 is 5.32 Å². The molecule has 0 heterocycles. The van der Waals surface area contributed by atoms with Gasteiger partial charge in [-0.2, -0.15) is 0 Å². The van der Waals surface area contributed by atoms with Crippen molar-refractivity contribution in [3.8, 4) is 0 Å². The largest absolute Gasteiger partial charge is 0.310 e. The van der Waals surface area contributed by atoms with Crippen LogP contribution in [-0.2, 0) is 0 Å². The molecule has 0 aromatic heterocycles. The summed E-state index contributed by atoms with van der Waals surface area (Å²) in [5.41, 5.74) is 3.12. The summed E-state index contributed by atoms with van der Waals surface area (Å²) in [6, 6.07) is 13.8. The third-order valence-corrected chi connectivity index (χ3v) is 4.01. The van der Waals surface area contributed by atoms with Crippen LogP contribution in [0.25, 0.3) is 10.8 Å². The van der Waals surface area contributed by atoms with Crippen molar-refractivity contribution in [3.05, 3.63) is 47.5 Å². The number of fused-ring (bicyclic) bond motifs is 1. The Bertz CT molecular complexity index is 592. The Balaban J connectivity index is 2.46. The van der Waals surface area contributed by atoms with Gasteiger partial charge in [0.1, 0.15) is 0 Å². The van der Waals surface area contributed by atoms with Gasteiger partial charge in [-0.3, -0.25) is 0 Å². The zero-order chi connectivity index (χ0) is 15.5. The second kappa shape index (κ2) is 6.62. The predicted octanol–water partition coefficient (Wildman–Crippen LogP) is 5.63. The highest BCUT2D eigenvalue weighted by molar-refractivity contribution is 5.88. The van der Waals surface area contributed by atoms with Gasteiger partial charge in [-0.1, -0.05) is 64.1 Å². The Morgan fingerprint density at radius 2 is 1.67 bits per heavy atom. The molecule has 0 aliphatic heterocycles. The molecule has 1 nitrogen and oxygen atoms in total. The van der Waals surface area contributed by atoms with E-state index < -0.39 is 0 Å². The molecule has 0 aliphatic rings. The Labute approximate surface area is 129 Å². The van der Waals surface area contributed by atoms with Crippen LogP contribution in [0.5, 0.6) is 0 Å². The molecule has 0 amide bonds. The van der Waals surface area contributed by atoms with Gasteiger partial charge in [-0.05, 0) is 53.6 Å². The number of nitrogens with one attached hydrogen (secondary N) is 1. The lowest BCUT2D eigenvalue weighted by Crippen LogP contribution is -2.26. The van der Waals surface area contributed by atoms with Crippen molar-refractivity contribution in [3.63, 3.8) is 0 Å². The third kappa shape index (κ3) is 4.07. The average molecular weight is 283 g/mol. The minimum atomic E-state index is 0.317. The summed E-state index contributed by atoms with van der Waals surface area (Å²) in [6.45, 7) is 12.5. The van der Waals surface area contributed by atoms with Crippen LogP contribution in [0, 0.1) is 12.3 Å². The molecule has 21 heavy (non-hydrogen) atoms. The maximum Gasteiger partial charge on any atom is 0.0331 e. The normalized spacial score (nSPS) is 13.6. The predicted molar refractivity (Wildman–Crippen MR) is 93.8 cm³/mol. The molecule has 0 radical (unpaired) electrons. The minimum absolute atomic E-state index is 0.317. The number of hydrogen-bond acceptors (Lipinski definition) is 1. The molecule has 1 N–H and O–H groups in total. The van der Waals surface area contributed by atoms with Gasteiger partial charge in [0.15, 0.2) is 0 Å². The standard InChI is InChI=1S/C20H29N/c1-6-13-21-19(14-20(3,4)5)18-12-11-15(2)16-9-7-8-10-17(16)18/h7-12,19,21H,6,13-14H2,1-5H3. The van der Waals surface area contributed by atoms with Crippen LogP contribution >= 0.6 is 0 Å². The highest BCUT2D eigenvalue weighted by atomic mass is 14.9. The van der Waals surface area contributed by atoms with E-state index in [1.165, 1.54) is 28.3 Å². The van der Waals surface area contributed by atoms with Gasteiger partial charge in [0.2, 0.25) is 0 Å². The molecule has 2 aromatic rings. The fraction of sp³-hybridized carbons (Fsp3) is 0.500. The first-order chi connectivity index (χ1) is 9.92. The molecular weight excluding hydrogens is 254 g/mol. The maximum absolute atomic E-state index is 3.75. The lowest BCUT2D eigenvalue weighted by atomic mass is 9.83. The van der Waals surface area contributed by atoms with E-state index in [1.807, 2.05) is 0 Å². The molecule has 0 fully saturated rings. The van der Waals surface area contributed by atoms with E-state index in [0.29, 0.717) is 11.5 Å². The molecule has 0 saturated carbocycles. The summed E-state index contributed by atoms with van der Waals surface area (Å²) in [4.78, 5) is 0. The number of benzene rings is 2. The van der Waals surface area contributed by atoms with E-state index in [1.54, 1.807) is 0 Å². The van der Waals surface area contributed by atoms with Crippen molar-refractivity contribution in [2.45, 2.75) is 53.5 Å². The Morgan fingerprint density at radius 1 is 1.00 bits per heavy atom. The highest BCUT2D eigenvalue weighted by Gasteiger charge is 2.21. The first-order valence-corrected chi connectivity index (χ1v) is 8.14. The summed E-state index contributed by atoms with van der Waals surface area (Å²) in [5.74, 6) is 0. The molecular formula is C20H29N. The minimum Gasteiger partial charge on any atom is -0.310 e. The van der Waals surface area contributed by atoms with Gasteiger partial charge in [0.25, 0.3) is 0 Å². The van der Waals surface area contributed by atoms with E-state index in [4.69, 9.17) is 0 Å². The van der Waals surface area contributed by atoms with Crippen molar-refractivity contribution in [2.75, 3.05) is 6.54 Å². The zero-order valence-corrected chi connectivity index (χ0v) is 14.2. The van der Waals surface area contributed by atoms with Crippen LogP contribution in [0.2, 0.25) is 0 Å². The molecule has 2 rings (SSSR count). The van der Waals surface area contributed by atoms with Crippen molar-refractivity contribution in [1.82, 2.24) is 5.32 Å². The fourth-order valence-electron chi connectivity index (χ4n) is 3.00. The smallest absolute Gasteiger partial charge is 0.0331 e. The van der Waals surface area contributed by atoms with Gasteiger partial charge in [0, 0.05) is 6.04 Å². The van der Waals surface area contributed by atoms with E-state index in [0.717, 1.165) is 13.0 Å². The Hall–Kier alpha value is -1.34. The number of rotatable bonds is 5. The number of aryl methyl sites for hydroxylation is 1. The number of hydrogen-bond donors (Lipinski definition) is 1. The van der Waals surface area contributed by atoms with Crippen molar-refractivity contribution >= 4 is 10.8 Å². The van der Waals surface area contributed by atoms with E-state index in [2.05, 4.69) is 76.3 Å². The summed E-state index contributed by atoms with van der Waals surface area (Å²) < 4.78 is 0. The average Bonchev–Trinajstić information content (AvgIpc) is 2.43. The fourth-order valence-corrected chi connectivity index (χ4v) is 3.00. The van der Waals surface area contributed by atoms with Gasteiger partial charge < -0.3 is 5.32 Å². The van der Waals surface area contributed by atoms with Crippen LogP contribution in [0.15, 0.2) is 36.4 Å². The van der Waals surface area contributed by atoms with Crippen LogP contribution in [-0.4, -0.2) is 6.54 Å². The quantitative estimate of drug-likeness (QED) is 0.750. The first-order valence-electron chi connectivity index (χ1n) is 8.14. The molecule has 1 unspecified atom stereocenters. The lowest BCUT2D eigenvalue weighted by molar-refractivity contribution is 0.312. The van der Waals surface area contributed by atoms with Crippen molar-refractivity contribution in [1.29, 1.82) is 0 Å². The highest BCUT2D eigenvalue weighted by Crippen LogP contribution is 2.34. The van der Waals surface area contributed by atoms with Crippen LogP contribution in [0.1, 0.15) is 57.7 Å². The van der Waals surface area contributed by atoms with Crippen LogP contribution in [0.3, 0.4) is 0 Å². The molecule has 0 bridgehead atoms. The molecule has 2 aromatic carbocycles. The third-order valence-electron chi connectivity index (χ3n) is 4.01. The Morgan fingerprint density at radius 3 is 2.29 bits per heavy atom. The Kier molecular flexibility index (Phi) is 5.05. The van der Waals surface area contributed by atoms with Gasteiger partial charge in [-0.15, -0.1) is 0 Å². The summed E-state index contributed by atoms with van der Waals surface area (Å²) in [7, 11) is 0. The lowest BCUT2D eigenvalue weighted by Gasteiger charge is -2.28. The van der Waals surface area contributed by atoms with Gasteiger partial charge in [0.05, 0.1) is 0 Å². The summed E-state index contributed by atoms with van der Waals surface area (Å²) in [5, 5.41) is 6.53. The molecule has 1 heteroatoms. The van der Waals surface area contributed by atoms with E-state index in [9.17, 15) is 0 Å². The maximum atomic E-state index is 3.75. The SMILES string of the molecule is CCCNC(CC(C)(C)C)c1ccc(C)c2ccccc12. The van der Waals surface area contributed by atoms with E-state index >= 15 is 0 Å². The van der Waals surface area contributed by atoms with E-state index in [-0.39, 0.29) is 0 Å². The van der Waals surface area contributed by atoms with Crippen molar-refractivity contribution < 1.29 is 0 Å². The van der Waals surface area contributed by atoms with Crippen molar-refractivity contribution in [2.24, 2.45) is 5.41 Å². The zero-order valence-electron chi connectivity index (χ0n) is 14.2. The molecule has 0 saturated heterocycles. The van der Waals surface area contributed by atoms with Crippen LogP contribution in [0.4, 0.5) is 0 Å². The summed E-state index contributed by atoms with van der Waals surface area (Å²) in [6.07, 6.45) is 2.32. The molecule has 114 valence electrons. The monoisotopic (exact) mass is 283 g/mol.